The van der Waals surface area contributed by atoms with Gasteiger partial charge in [-0.15, -0.1) is 0 Å². The third kappa shape index (κ3) is 1.30. The summed E-state index contributed by atoms with van der Waals surface area (Å²) < 4.78 is 0. The maximum Gasteiger partial charge on any atom is 0.140 e. The van der Waals surface area contributed by atoms with Crippen molar-refractivity contribution in [1.29, 1.82) is 0 Å². The molecule has 0 N–H and O–H groups in total. The molecule has 3 aliphatic rings. The lowest BCUT2D eigenvalue weighted by Crippen LogP contribution is -2.38. The van der Waals surface area contributed by atoms with Gasteiger partial charge in [-0.3, -0.25) is 4.79 Å². The van der Waals surface area contributed by atoms with Crippen molar-refractivity contribution in [2.45, 2.75) is 25.7 Å². The molecule has 0 aromatic carbocycles. The molecule has 2 bridgehead atoms. The summed E-state index contributed by atoms with van der Waals surface area (Å²) in [5, 5.41) is 0. The summed E-state index contributed by atoms with van der Waals surface area (Å²) in [4.78, 5) is 14.4. The quantitative estimate of drug-likeness (QED) is 0.688. The molecule has 0 aromatic heterocycles. The largest absolute Gasteiger partial charge is 0.309 e. The molecule has 0 aliphatic heterocycles. The molecule has 0 saturated heterocycles. The van der Waals surface area contributed by atoms with Gasteiger partial charge in [-0.1, -0.05) is 6.42 Å². The molecule has 0 spiro atoms. The standard InChI is InChI=1S/C13H21NO/c1-14(2)7-12-10-6-11(13(12)15)9-5-3-4-8(9)10/h8-12H,3-7H2,1-2H3/t8-,9-,10-,11+,12-/m0/s1. The van der Waals surface area contributed by atoms with E-state index >= 15 is 0 Å². The Kier molecular flexibility index (Phi) is 2.17. The van der Waals surface area contributed by atoms with Crippen molar-refractivity contribution in [2.75, 3.05) is 20.6 Å². The average molecular weight is 207 g/mol. The first-order valence-electron chi connectivity index (χ1n) is 6.37. The summed E-state index contributed by atoms with van der Waals surface area (Å²) in [5.74, 6) is 3.91. The highest BCUT2D eigenvalue weighted by Gasteiger charge is 2.58. The van der Waals surface area contributed by atoms with Gasteiger partial charge >= 0.3 is 0 Å². The molecule has 0 amide bonds. The maximum absolute atomic E-state index is 12.2. The molecule has 3 aliphatic carbocycles. The van der Waals surface area contributed by atoms with Crippen LogP contribution in [0.3, 0.4) is 0 Å². The molecule has 0 unspecified atom stereocenters. The van der Waals surface area contributed by atoms with Crippen molar-refractivity contribution >= 4 is 5.78 Å². The fourth-order valence-electron chi connectivity index (χ4n) is 4.59. The molecule has 0 heterocycles. The Labute approximate surface area is 92.0 Å². The first-order valence-corrected chi connectivity index (χ1v) is 6.37. The van der Waals surface area contributed by atoms with Crippen molar-refractivity contribution in [2.24, 2.45) is 29.6 Å². The Hall–Kier alpha value is -0.370. The minimum Gasteiger partial charge on any atom is -0.309 e. The van der Waals surface area contributed by atoms with Gasteiger partial charge in [0.1, 0.15) is 5.78 Å². The van der Waals surface area contributed by atoms with Gasteiger partial charge in [0.2, 0.25) is 0 Å². The van der Waals surface area contributed by atoms with E-state index < -0.39 is 0 Å². The highest BCUT2D eigenvalue weighted by Crippen LogP contribution is 2.59. The number of carbonyl (C=O) groups excluding carboxylic acids is 1. The van der Waals surface area contributed by atoms with E-state index in [0.29, 0.717) is 17.6 Å². The highest BCUT2D eigenvalue weighted by molar-refractivity contribution is 5.87. The second kappa shape index (κ2) is 3.31. The molecular weight excluding hydrogens is 186 g/mol. The molecule has 3 rings (SSSR count). The molecule has 0 radical (unpaired) electrons. The number of nitrogens with zero attached hydrogens (tertiary/aromatic N) is 1. The number of rotatable bonds is 2. The Bertz CT molecular complexity index is 286. The predicted octanol–water partition coefficient (Wildman–Crippen LogP) is 1.80. The van der Waals surface area contributed by atoms with Gasteiger partial charge in [0.15, 0.2) is 0 Å². The number of ketones is 1. The minimum absolute atomic E-state index is 0.379. The second-order valence-electron chi connectivity index (χ2n) is 6.04. The van der Waals surface area contributed by atoms with E-state index in [0.717, 1.165) is 24.3 Å². The van der Waals surface area contributed by atoms with Crippen LogP contribution in [0.25, 0.3) is 0 Å². The molecular formula is C13H21NO. The van der Waals surface area contributed by atoms with Crippen molar-refractivity contribution in [3.05, 3.63) is 0 Å². The summed E-state index contributed by atoms with van der Waals surface area (Å²) in [6, 6.07) is 0. The first-order chi connectivity index (χ1) is 7.18. The summed E-state index contributed by atoms with van der Waals surface area (Å²) >= 11 is 0. The zero-order chi connectivity index (χ0) is 10.6. The highest BCUT2D eigenvalue weighted by atomic mass is 16.1. The molecule has 2 nitrogen and oxygen atoms in total. The van der Waals surface area contributed by atoms with Crippen molar-refractivity contribution in [3.63, 3.8) is 0 Å². The molecule has 0 aromatic rings. The zero-order valence-corrected chi connectivity index (χ0v) is 9.78. The van der Waals surface area contributed by atoms with Gasteiger partial charge in [0.25, 0.3) is 0 Å². The van der Waals surface area contributed by atoms with Crippen LogP contribution >= 0.6 is 0 Å². The lowest BCUT2D eigenvalue weighted by Gasteiger charge is -2.31. The first kappa shape index (κ1) is 9.83. The number of Topliss-reactive ketones (excluding diaryl/α,β-unsaturated/α-hetero) is 1. The molecule has 84 valence electrons. The summed E-state index contributed by atoms with van der Waals surface area (Å²) in [6.45, 7) is 0.989. The monoisotopic (exact) mass is 207 g/mol. The molecule has 3 fully saturated rings. The lowest BCUT2D eigenvalue weighted by molar-refractivity contribution is -0.129. The van der Waals surface area contributed by atoms with Gasteiger partial charge in [-0.2, -0.15) is 0 Å². The van der Waals surface area contributed by atoms with E-state index in [2.05, 4.69) is 19.0 Å². The average Bonchev–Trinajstić information content (AvgIpc) is 2.77. The number of fused-ring (bicyclic) bond motifs is 5. The van der Waals surface area contributed by atoms with Crippen LogP contribution < -0.4 is 0 Å². The van der Waals surface area contributed by atoms with Crippen LogP contribution in [0.1, 0.15) is 25.7 Å². The van der Waals surface area contributed by atoms with Crippen LogP contribution in [0.4, 0.5) is 0 Å². The van der Waals surface area contributed by atoms with E-state index in [1.54, 1.807) is 0 Å². The van der Waals surface area contributed by atoms with Crippen LogP contribution in [-0.2, 0) is 4.79 Å². The number of carbonyl (C=O) groups is 1. The lowest BCUT2D eigenvalue weighted by atomic mass is 9.75. The number of hydrogen-bond donors (Lipinski definition) is 0. The van der Waals surface area contributed by atoms with Crippen LogP contribution in [0.15, 0.2) is 0 Å². The van der Waals surface area contributed by atoms with Crippen molar-refractivity contribution in [1.82, 2.24) is 4.90 Å². The van der Waals surface area contributed by atoms with Crippen LogP contribution in [0, 0.1) is 29.6 Å². The van der Waals surface area contributed by atoms with Gasteiger partial charge in [0.05, 0.1) is 0 Å². The summed E-state index contributed by atoms with van der Waals surface area (Å²) in [6.07, 6.45) is 5.35. The van der Waals surface area contributed by atoms with E-state index in [1.165, 1.54) is 25.7 Å². The van der Waals surface area contributed by atoms with E-state index in [9.17, 15) is 4.79 Å². The smallest absolute Gasteiger partial charge is 0.140 e. The maximum atomic E-state index is 12.2. The predicted molar refractivity (Wildman–Crippen MR) is 59.5 cm³/mol. The van der Waals surface area contributed by atoms with Crippen LogP contribution in [-0.4, -0.2) is 31.3 Å². The van der Waals surface area contributed by atoms with Crippen LogP contribution in [0.5, 0.6) is 0 Å². The minimum atomic E-state index is 0.379. The van der Waals surface area contributed by atoms with Gasteiger partial charge in [0, 0.05) is 18.4 Å². The van der Waals surface area contributed by atoms with Gasteiger partial charge in [-0.25, -0.2) is 0 Å². The molecule has 15 heavy (non-hydrogen) atoms. The Morgan fingerprint density at radius 1 is 1.20 bits per heavy atom. The number of hydrogen-bond acceptors (Lipinski definition) is 2. The van der Waals surface area contributed by atoms with E-state index in [4.69, 9.17) is 0 Å². The van der Waals surface area contributed by atoms with E-state index in [-0.39, 0.29) is 0 Å². The molecule has 3 saturated carbocycles. The Morgan fingerprint density at radius 3 is 2.67 bits per heavy atom. The second-order valence-corrected chi connectivity index (χ2v) is 6.04. The zero-order valence-electron chi connectivity index (χ0n) is 9.78. The SMILES string of the molecule is CN(C)C[C@@H]1C(=O)[C@@H]2C[C@H]1[C@H]1CCC[C@@H]12. The summed E-state index contributed by atoms with van der Waals surface area (Å²) in [7, 11) is 4.18. The van der Waals surface area contributed by atoms with Gasteiger partial charge in [-0.05, 0) is 51.1 Å². The molecule has 5 atom stereocenters. The Morgan fingerprint density at radius 2 is 1.93 bits per heavy atom. The van der Waals surface area contributed by atoms with Crippen LogP contribution in [0.2, 0.25) is 0 Å². The fourth-order valence-corrected chi connectivity index (χ4v) is 4.59. The normalized spacial score (nSPS) is 47.9. The van der Waals surface area contributed by atoms with Gasteiger partial charge < -0.3 is 4.90 Å². The third-order valence-electron chi connectivity index (χ3n) is 5.03. The topological polar surface area (TPSA) is 20.3 Å². The third-order valence-corrected chi connectivity index (χ3v) is 5.03. The fraction of sp³-hybridized carbons (Fsp3) is 0.923. The Balaban J connectivity index is 1.81. The van der Waals surface area contributed by atoms with Crippen molar-refractivity contribution < 1.29 is 4.79 Å². The van der Waals surface area contributed by atoms with Crippen molar-refractivity contribution in [3.8, 4) is 0 Å². The summed E-state index contributed by atoms with van der Waals surface area (Å²) in [5.41, 5.74) is 0. The molecule has 2 heteroatoms. The van der Waals surface area contributed by atoms with E-state index in [1.807, 2.05) is 0 Å².